The van der Waals surface area contributed by atoms with E-state index in [9.17, 15) is 17.2 Å². The van der Waals surface area contributed by atoms with Crippen molar-refractivity contribution in [2.24, 2.45) is 5.14 Å². The molecule has 0 aliphatic rings. The maximum absolute atomic E-state index is 12.5. The fourth-order valence-electron chi connectivity index (χ4n) is 1.62. The van der Waals surface area contributed by atoms with Crippen LogP contribution in [0, 0.1) is 0 Å². The number of anilines is 2. The molecule has 0 aliphatic heterocycles. The second-order valence-electron chi connectivity index (χ2n) is 3.83. The van der Waals surface area contributed by atoms with Crippen LogP contribution in [-0.2, 0) is 10.0 Å². The third kappa shape index (κ3) is 4.30. The first kappa shape index (κ1) is 15.6. The van der Waals surface area contributed by atoms with Gasteiger partial charge in [0, 0.05) is 12.2 Å². The molecule has 19 heavy (non-hydrogen) atoms. The molecule has 9 heteroatoms. The van der Waals surface area contributed by atoms with E-state index in [4.69, 9.17) is 16.0 Å². The molecule has 0 spiro atoms. The van der Waals surface area contributed by atoms with Crippen molar-refractivity contribution in [2.75, 3.05) is 30.3 Å². The molecular formula is C10H15F2N3O3S. The highest BCUT2D eigenvalue weighted by Gasteiger charge is 2.21. The largest absolute Gasteiger partial charge is 0.399 e. The first-order chi connectivity index (χ1) is 8.75. The molecule has 1 rings (SSSR count). The highest BCUT2D eigenvalue weighted by Crippen LogP contribution is 2.27. The van der Waals surface area contributed by atoms with E-state index in [1.807, 2.05) is 0 Å². The summed E-state index contributed by atoms with van der Waals surface area (Å²) in [7, 11) is -4.10. The van der Waals surface area contributed by atoms with Crippen molar-refractivity contribution in [2.45, 2.75) is 11.3 Å². The van der Waals surface area contributed by atoms with Crippen molar-refractivity contribution in [3.8, 4) is 0 Å². The van der Waals surface area contributed by atoms with Gasteiger partial charge in [0.15, 0.2) is 0 Å². The Morgan fingerprint density at radius 3 is 2.47 bits per heavy atom. The Morgan fingerprint density at radius 2 is 2.00 bits per heavy atom. The van der Waals surface area contributed by atoms with E-state index >= 15 is 0 Å². The minimum absolute atomic E-state index is 0.00829. The fourth-order valence-corrected chi connectivity index (χ4v) is 2.41. The van der Waals surface area contributed by atoms with E-state index in [1.54, 1.807) is 0 Å². The van der Waals surface area contributed by atoms with Crippen LogP contribution in [0.1, 0.15) is 0 Å². The Labute approximate surface area is 109 Å². The van der Waals surface area contributed by atoms with E-state index in [1.165, 1.54) is 12.1 Å². The van der Waals surface area contributed by atoms with Crippen molar-refractivity contribution in [1.82, 2.24) is 0 Å². The molecule has 0 aliphatic carbocycles. The zero-order chi connectivity index (χ0) is 14.6. The quantitative estimate of drug-likeness (QED) is 0.639. The van der Waals surface area contributed by atoms with Crippen LogP contribution in [0.3, 0.4) is 0 Å². The minimum atomic E-state index is -4.10. The number of aliphatic hydroxyl groups is 1. The molecule has 0 saturated heterocycles. The van der Waals surface area contributed by atoms with Gasteiger partial charge in [-0.2, -0.15) is 0 Å². The number of sulfonamides is 1. The minimum Gasteiger partial charge on any atom is -0.399 e. The molecule has 0 unspecified atom stereocenters. The molecule has 1 aromatic carbocycles. The lowest BCUT2D eigenvalue weighted by atomic mass is 10.2. The Bertz CT molecular complexity index is 537. The highest BCUT2D eigenvalue weighted by atomic mass is 32.2. The van der Waals surface area contributed by atoms with Crippen LogP contribution in [0.25, 0.3) is 0 Å². The second kappa shape index (κ2) is 6.13. The third-order valence-corrected chi connectivity index (χ3v) is 3.30. The summed E-state index contributed by atoms with van der Waals surface area (Å²) in [6.07, 6.45) is -2.68. The van der Waals surface area contributed by atoms with Crippen LogP contribution in [0.4, 0.5) is 20.2 Å². The van der Waals surface area contributed by atoms with Gasteiger partial charge in [-0.1, -0.05) is 0 Å². The lowest BCUT2D eigenvalue weighted by Crippen LogP contribution is -2.33. The Morgan fingerprint density at radius 1 is 1.37 bits per heavy atom. The summed E-state index contributed by atoms with van der Waals surface area (Å²) < 4.78 is 47.8. The number of hydrogen-bond acceptors (Lipinski definition) is 5. The molecule has 108 valence electrons. The predicted octanol–water partition coefficient (Wildman–Crippen LogP) is -0.0200. The van der Waals surface area contributed by atoms with Gasteiger partial charge in [0.1, 0.15) is 4.90 Å². The summed E-state index contributed by atoms with van der Waals surface area (Å²) in [6.45, 7) is -1.26. The number of halogens is 2. The number of primary sulfonamides is 1. The molecule has 0 radical (unpaired) electrons. The summed E-state index contributed by atoms with van der Waals surface area (Å²) >= 11 is 0. The maximum atomic E-state index is 12.5. The number of hydrogen-bond donors (Lipinski definition) is 3. The zero-order valence-corrected chi connectivity index (χ0v) is 10.8. The molecule has 5 N–H and O–H groups in total. The molecule has 0 aromatic heterocycles. The molecule has 0 fully saturated rings. The standard InChI is InChI=1S/C10H15F2N3O3S/c11-10(12)6-15(3-4-16)8-2-1-7(13)5-9(8)19(14,17)18/h1-2,5,10,16H,3-4,6,13H2,(H2,14,17,18). The monoisotopic (exact) mass is 295 g/mol. The Hall–Kier alpha value is -1.45. The van der Waals surface area contributed by atoms with Crippen LogP contribution in [0.15, 0.2) is 23.1 Å². The van der Waals surface area contributed by atoms with Crippen LogP contribution >= 0.6 is 0 Å². The lowest BCUT2D eigenvalue weighted by Gasteiger charge is -2.25. The SMILES string of the molecule is Nc1ccc(N(CCO)CC(F)F)c(S(N)(=O)=O)c1. The first-order valence-electron chi connectivity index (χ1n) is 5.32. The second-order valence-corrected chi connectivity index (χ2v) is 5.36. The smallest absolute Gasteiger partial charge is 0.255 e. The van der Waals surface area contributed by atoms with Gasteiger partial charge in [-0.15, -0.1) is 0 Å². The molecular weight excluding hydrogens is 280 g/mol. The fraction of sp³-hybridized carbons (Fsp3) is 0.400. The van der Waals surface area contributed by atoms with Gasteiger partial charge in [-0.05, 0) is 18.2 Å². The number of alkyl halides is 2. The average Bonchev–Trinajstić information content (AvgIpc) is 2.26. The van der Waals surface area contributed by atoms with Gasteiger partial charge in [0.25, 0.3) is 6.43 Å². The van der Waals surface area contributed by atoms with E-state index in [2.05, 4.69) is 0 Å². The van der Waals surface area contributed by atoms with E-state index in [0.29, 0.717) is 0 Å². The Kier molecular flexibility index (Phi) is 5.04. The van der Waals surface area contributed by atoms with E-state index < -0.39 is 29.6 Å². The average molecular weight is 295 g/mol. The maximum Gasteiger partial charge on any atom is 0.255 e. The van der Waals surface area contributed by atoms with Crippen molar-refractivity contribution in [3.63, 3.8) is 0 Å². The molecule has 0 atom stereocenters. The van der Waals surface area contributed by atoms with Crippen LogP contribution in [-0.4, -0.2) is 39.6 Å². The first-order valence-corrected chi connectivity index (χ1v) is 6.86. The van der Waals surface area contributed by atoms with Crippen LogP contribution < -0.4 is 15.8 Å². The van der Waals surface area contributed by atoms with Gasteiger partial charge >= 0.3 is 0 Å². The highest BCUT2D eigenvalue weighted by molar-refractivity contribution is 7.89. The summed E-state index contributed by atoms with van der Waals surface area (Å²) in [5.74, 6) is 0. The normalized spacial score (nSPS) is 11.8. The van der Waals surface area contributed by atoms with Crippen molar-refractivity contribution >= 4 is 21.4 Å². The summed E-state index contributed by atoms with van der Waals surface area (Å²) in [5.41, 5.74) is 5.60. The molecule has 0 bridgehead atoms. The molecule has 1 aromatic rings. The van der Waals surface area contributed by atoms with Crippen molar-refractivity contribution in [1.29, 1.82) is 0 Å². The number of nitrogens with zero attached hydrogens (tertiary/aromatic N) is 1. The van der Waals surface area contributed by atoms with Gasteiger partial charge in [0.05, 0.1) is 18.8 Å². The topological polar surface area (TPSA) is 110 Å². The summed E-state index contributed by atoms with van der Waals surface area (Å²) in [5, 5.41) is 13.9. The zero-order valence-electron chi connectivity index (χ0n) is 9.96. The van der Waals surface area contributed by atoms with Crippen LogP contribution in [0.2, 0.25) is 0 Å². The number of rotatable bonds is 6. The van der Waals surface area contributed by atoms with Crippen molar-refractivity contribution in [3.05, 3.63) is 18.2 Å². The number of benzene rings is 1. The third-order valence-electron chi connectivity index (χ3n) is 2.36. The van der Waals surface area contributed by atoms with Crippen molar-refractivity contribution < 1.29 is 22.3 Å². The van der Waals surface area contributed by atoms with Gasteiger partial charge in [-0.3, -0.25) is 0 Å². The molecule has 0 saturated carbocycles. The molecule has 6 nitrogen and oxygen atoms in total. The van der Waals surface area contributed by atoms with Gasteiger partial charge < -0.3 is 15.7 Å². The van der Waals surface area contributed by atoms with Gasteiger partial charge in [-0.25, -0.2) is 22.3 Å². The summed E-state index contributed by atoms with van der Waals surface area (Å²) in [6, 6.07) is 3.76. The number of nitrogens with two attached hydrogens (primary N) is 2. The van der Waals surface area contributed by atoms with E-state index in [0.717, 1.165) is 11.0 Å². The number of nitrogen functional groups attached to an aromatic ring is 1. The predicted molar refractivity (Wildman–Crippen MR) is 67.5 cm³/mol. The molecule has 0 heterocycles. The summed E-state index contributed by atoms with van der Waals surface area (Å²) in [4.78, 5) is 0.700. The lowest BCUT2D eigenvalue weighted by molar-refractivity contribution is 0.152. The number of aliphatic hydroxyl groups excluding tert-OH is 1. The Balaban J connectivity index is 3.29. The van der Waals surface area contributed by atoms with Gasteiger partial charge in [0.2, 0.25) is 10.0 Å². The molecule has 0 amide bonds. The van der Waals surface area contributed by atoms with Crippen LogP contribution in [0.5, 0.6) is 0 Å². The van der Waals surface area contributed by atoms with E-state index in [-0.39, 0.29) is 22.8 Å².